The molecule has 2 aromatic heterocycles. The topological polar surface area (TPSA) is 96.1 Å². The van der Waals surface area contributed by atoms with Crippen LogP contribution in [-0.2, 0) is 6.42 Å². The van der Waals surface area contributed by atoms with E-state index in [2.05, 4.69) is 34.4 Å². The summed E-state index contributed by atoms with van der Waals surface area (Å²) in [6, 6.07) is 3.86. The van der Waals surface area contributed by atoms with Crippen LogP contribution in [0.5, 0.6) is 5.88 Å². The van der Waals surface area contributed by atoms with Gasteiger partial charge in [0.05, 0.1) is 23.0 Å². The molecule has 3 N–H and O–H groups in total. The van der Waals surface area contributed by atoms with Crippen molar-refractivity contribution >= 4 is 17.4 Å². The van der Waals surface area contributed by atoms with Crippen molar-refractivity contribution in [1.82, 2.24) is 15.3 Å². The number of H-pyrrole nitrogens is 1. The molecule has 0 aromatic carbocycles. The zero-order valence-corrected chi connectivity index (χ0v) is 15.1. The molecule has 1 aliphatic carbocycles. The summed E-state index contributed by atoms with van der Waals surface area (Å²) in [5.41, 5.74) is 2.33. The standard InChI is InChI=1S/C19H24N4O3/c1-12(2)20-8-9-26-17-7-6-13(10-22-17)23-19(25)14-11-21-15-4-3-5-16(24)18(14)15/h6-7,10-12,20-21H,3-5,8-9H2,1-2H3,(H,23,25). The van der Waals surface area contributed by atoms with Gasteiger partial charge in [-0.25, -0.2) is 4.98 Å². The van der Waals surface area contributed by atoms with E-state index in [1.165, 1.54) is 0 Å². The van der Waals surface area contributed by atoms with E-state index in [1.807, 2.05) is 0 Å². The van der Waals surface area contributed by atoms with Gasteiger partial charge in [-0.3, -0.25) is 9.59 Å². The van der Waals surface area contributed by atoms with Crippen LogP contribution in [-0.4, -0.2) is 40.9 Å². The van der Waals surface area contributed by atoms with Gasteiger partial charge in [0.2, 0.25) is 5.88 Å². The lowest BCUT2D eigenvalue weighted by Gasteiger charge is -2.12. The summed E-state index contributed by atoms with van der Waals surface area (Å²) in [4.78, 5) is 31.8. The monoisotopic (exact) mass is 356 g/mol. The highest BCUT2D eigenvalue weighted by Gasteiger charge is 2.25. The fourth-order valence-corrected chi connectivity index (χ4v) is 2.95. The highest BCUT2D eigenvalue weighted by molar-refractivity contribution is 6.13. The molecule has 0 atom stereocenters. The molecule has 0 spiro atoms. The lowest BCUT2D eigenvalue weighted by atomic mass is 9.93. The fourth-order valence-electron chi connectivity index (χ4n) is 2.95. The molecule has 7 heteroatoms. The molecule has 2 aromatic rings. The second-order valence-electron chi connectivity index (χ2n) is 6.63. The second kappa shape index (κ2) is 8.14. The van der Waals surface area contributed by atoms with Gasteiger partial charge in [0.1, 0.15) is 6.61 Å². The first-order valence-corrected chi connectivity index (χ1v) is 8.91. The summed E-state index contributed by atoms with van der Waals surface area (Å²) >= 11 is 0. The Labute approximate surface area is 152 Å². The summed E-state index contributed by atoms with van der Waals surface area (Å²) in [5.74, 6) is 0.214. The number of anilines is 1. The van der Waals surface area contributed by atoms with Crippen molar-refractivity contribution in [2.75, 3.05) is 18.5 Å². The SMILES string of the molecule is CC(C)NCCOc1ccc(NC(=O)c2c[nH]c3c2C(=O)CCC3)cn1. The minimum Gasteiger partial charge on any atom is -0.476 e. The molecule has 0 saturated heterocycles. The molecule has 1 aliphatic rings. The Morgan fingerprint density at radius 3 is 2.92 bits per heavy atom. The molecule has 3 rings (SSSR count). The van der Waals surface area contributed by atoms with Gasteiger partial charge in [-0.1, -0.05) is 13.8 Å². The van der Waals surface area contributed by atoms with Crippen molar-refractivity contribution in [3.8, 4) is 5.88 Å². The van der Waals surface area contributed by atoms with Crippen LogP contribution in [0.25, 0.3) is 0 Å². The molecule has 7 nitrogen and oxygen atoms in total. The number of ketones is 1. The Morgan fingerprint density at radius 2 is 2.19 bits per heavy atom. The average molecular weight is 356 g/mol. The van der Waals surface area contributed by atoms with Crippen molar-refractivity contribution in [2.45, 2.75) is 39.2 Å². The number of nitrogens with one attached hydrogen (secondary N) is 3. The molecular weight excluding hydrogens is 332 g/mol. The Kier molecular flexibility index (Phi) is 5.68. The Hall–Kier alpha value is -2.67. The summed E-state index contributed by atoms with van der Waals surface area (Å²) in [5, 5.41) is 6.04. The number of ether oxygens (including phenoxy) is 1. The van der Waals surface area contributed by atoms with Gasteiger partial charge in [-0.15, -0.1) is 0 Å². The predicted molar refractivity (Wildman–Crippen MR) is 98.9 cm³/mol. The third kappa shape index (κ3) is 4.29. The lowest BCUT2D eigenvalue weighted by molar-refractivity contribution is 0.0956. The molecule has 0 aliphatic heterocycles. The normalized spacial score (nSPS) is 13.6. The zero-order chi connectivity index (χ0) is 18.5. The maximum Gasteiger partial charge on any atom is 0.257 e. The number of carbonyl (C=O) groups excluding carboxylic acids is 2. The van der Waals surface area contributed by atoms with Crippen molar-refractivity contribution in [3.63, 3.8) is 0 Å². The second-order valence-corrected chi connectivity index (χ2v) is 6.63. The predicted octanol–water partition coefficient (Wildman–Crippen LogP) is 2.56. The molecule has 0 saturated carbocycles. The van der Waals surface area contributed by atoms with Gasteiger partial charge in [0.15, 0.2) is 5.78 Å². The van der Waals surface area contributed by atoms with Gasteiger partial charge in [0, 0.05) is 37.0 Å². The van der Waals surface area contributed by atoms with Crippen molar-refractivity contribution in [3.05, 3.63) is 41.3 Å². The molecular formula is C19H24N4O3. The number of hydrogen-bond acceptors (Lipinski definition) is 5. The van der Waals surface area contributed by atoms with Crippen LogP contribution in [0.4, 0.5) is 5.69 Å². The number of aromatic nitrogens is 2. The van der Waals surface area contributed by atoms with E-state index in [4.69, 9.17) is 4.74 Å². The van der Waals surface area contributed by atoms with E-state index in [-0.39, 0.29) is 11.7 Å². The van der Waals surface area contributed by atoms with Gasteiger partial charge >= 0.3 is 0 Å². The molecule has 1 amide bonds. The van der Waals surface area contributed by atoms with Gasteiger partial charge in [0.25, 0.3) is 5.91 Å². The van der Waals surface area contributed by atoms with Crippen LogP contribution < -0.4 is 15.4 Å². The Balaban J connectivity index is 1.58. The number of rotatable bonds is 7. The Bertz CT molecular complexity index is 781. The fraction of sp³-hybridized carbons (Fsp3) is 0.421. The number of amides is 1. The maximum atomic E-state index is 12.5. The number of Topliss-reactive ketones (excluding diaryl/α,β-unsaturated/α-hetero) is 1. The van der Waals surface area contributed by atoms with Crippen LogP contribution in [0.15, 0.2) is 24.5 Å². The highest BCUT2D eigenvalue weighted by atomic mass is 16.5. The molecule has 0 radical (unpaired) electrons. The first-order valence-electron chi connectivity index (χ1n) is 8.91. The number of aryl methyl sites for hydroxylation is 1. The minimum atomic E-state index is -0.311. The van der Waals surface area contributed by atoms with Crippen molar-refractivity contribution in [2.24, 2.45) is 0 Å². The number of hydrogen-bond donors (Lipinski definition) is 3. The number of fused-ring (bicyclic) bond motifs is 1. The summed E-state index contributed by atoms with van der Waals surface area (Å²) < 4.78 is 5.54. The third-order valence-electron chi connectivity index (χ3n) is 4.21. The van der Waals surface area contributed by atoms with Gasteiger partial charge in [-0.2, -0.15) is 0 Å². The highest BCUT2D eigenvalue weighted by Crippen LogP contribution is 2.24. The van der Waals surface area contributed by atoms with Crippen LogP contribution in [0.3, 0.4) is 0 Å². The summed E-state index contributed by atoms with van der Waals surface area (Å²) in [7, 11) is 0. The van der Waals surface area contributed by atoms with Crippen LogP contribution in [0, 0.1) is 0 Å². The van der Waals surface area contributed by atoms with E-state index in [9.17, 15) is 9.59 Å². The van der Waals surface area contributed by atoms with Crippen LogP contribution >= 0.6 is 0 Å². The van der Waals surface area contributed by atoms with E-state index >= 15 is 0 Å². The summed E-state index contributed by atoms with van der Waals surface area (Å²) in [6.07, 6.45) is 5.27. The maximum absolute atomic E-state index is 12.5. The number of aromatic amines is 1. The van der Waals surface area contributed by atoms with Gasteiger partial charge in [-0.05, 0) is 18.9 Å². The molecule has 2 heterocycles. The zero-order valence-electron chi connectivity index (χ0n) is 15.1. The molecule has 0 fully saturated rings. The molecule has 138 valence electrons. The third-order valence-corrected chi connectivity index (χ3v) is 4.21. The molecule has 0 unspecified atom stereocenters. The number of pyridine rings is 1. The van der Waals surface area contributed by atoms with Gasteiger partial charge < -0.3 is 20.4 Å². The van der Waals surface area contributed by atoms with E-state index in [1.54, 1.807) is 24.5 Å². The molecule has 0 bridgehead atoms. The average Bonchev–Trinajstić information content (AvgIpc) is 3.05. The van der Waals surface area contributed by atoms with Crippen molar-refractivity contribution in [1.29, 1.82) is 0 Å². The summed E-state index contributed by atoms with van der Waals surface area (Å²) in [6.45, 7) is 5.41. The van der Waals surface area contributed by atoms with E-state index in [0.717, 1.165) is 25.1 Å². The minimum absolute atomic E-state index is 0.0227. The molecule has 26 heavy (non-hydrogen) atoms. The quantitative estimate of drug-likeness (QED) is 0.663. The largest absolute Gasteiger partial charge is 0.476 e. The van der Waals surface area contributed by atoms with E-state index < -0.39 is 0 Å². The number of carbonyl (C=O) groups is 2. The first kappa shape index (κ1) is 18.1. The smallest absolute Gasteiger partial charge is 0.257 e. The number of nitrogens with zero attached hydrogens (tertiary/aromatic N) is 1. The van der Waals surface area contributed by atoms with Crippen LogP contribution in [0.2, 0.25) is 0 Å². The lowest BCUT2D eigenvalue weighted by Crippen LogP contribution is -2.27. The van der Waals surface area contributed by atoms with Crippen LogP contribution in [0.1, 0.15) is 53.1 Å². The van der Waals surface area contributed by atoms with E-state index in [0.29, 0.717) is 41.8 Å². The Morgan fingerprint density at radius 1 is 1.35 bits per heavy atom. The first-order chi connectivity index (χ1) is 12.5. The van der Waals surface area contributed by atoms with Crippen molar-refractivity contribution < 1.29 is 14.3 Å².